The van der Waals surface area contributed by atoms with Crippen LogP contribution >= 0.6 is 0 Å². The van der Waals surface area contributed by atoms with Crippen molar-refractivity contribution in [1.29, 1.82) is 5.26 Å². The van der Waals surface area contributed by atoms with Crippen molar-refractivity contribution in [2.45, 2.75) is 78.6 Å². The van der Waals surface area contributed by atoms with E-state index < -0.39 is 0 Å². The van der Waals surface area contributed by atoms with Crippen LogP contribution in [-0.2, 0) is 17.9 Å². The summed E-state index contributed by atoms with van der Waals surface area (Å²) >= 11 is 0. The average molecular weight is 459 g/mol. The minimum atomic E-state index is -0.228. The van der Waals surface area contributed by atoms with Crippen LogP contribution in [0.2, 0.25) is 0 Å². The van der Waals surface area contributed by atoms with E-state index in [-0.39, 0.29) is 23.4 Å². The number of aromatic nitrogens is 1. The topological polar surface area (TPSA) is 78.1 Å². The van der Waals surface area contributed by atoms with E-state index in [1.165, 1.54) is 0 Å². The Bertz CT molecular complexity index is 1140. The molecule has 6 heteroatoms. The van der Waals surface area contributed by atoms with Crippen molar-refractivity contribution in [2.24, 2.45) is 5.92 Å². The van der Waals surface area contributed by atoms with E-state index in [0.29, 0.717) is 24.1 Å². The molecule has 0 unspecified atom stereocenters. The summed E-state index contributed by atoms with van der Waals surface area (Å²) in [5.74, 6) is 0.235. The molecular formula is C28H34N4O2. The normalized spacial score (nSPS) is 15.8. The monoisotopic (exact) mass is 458 g/mol. The molecule has 2 saturated carbocycles. The van der Waals surface area contributed by atoms with E-state index in [4.69, 9.17) is 0 Å². The quantitative estimate of drug-likeness (QED) is 0.435. The highest BCUT2D eigenvalue weighted by atomic mass is 16.2. The van der Waals surface area contributed by atoms with Gasteiger partial charge in [0.2, 0.25) is 0 Å². The molecule has 34 heavy (non-hydrogen) atoms. The Kier molecular flexibility index (Phi) is 6.92. The Morgan fingerprint density at radius 1 is 1.18 bits per heavy atom. The lowest BCUT2D eigenvalue weighted by molar-refractivity contribution is -0.127. The molecule has 1 heterocycles. The summed E-state index contributed by atoms with van der Waals surface area (Å²) in [4.78, 5) is 27.5. The Balaban J connectivity index is 1.51. The van der Waals surface area contributed by atoms with Gasteiger partial charge in [-0.15, -0.1) is 0 Å². The highest BCUT2D eigenvalue weighted by Gasteiger charge is 2.34. The van der Waals surface area contributed by atoms with Crippen LogP contribution in [0.25, 0.3) is 6.08 Å². The molecule has 178 valence electrons. The summed E-state index contributed by atoms with van der Waals surface area (Å²) in [5.41, 5.74) is 4.88. The predicted molar refractivity (Wildman–Crippen MR) is 133 cm³/mol. The minimum absolute atomic E-state index is 0.0473. The summed E-state index contributed by atoms with van der Waals surface area (Å²) in [5, 5.41) is 12.8. The molecule has 2 amide bonds. The number of benzene rings is 1. The summed E-state index contributed by atoms with van der Waals surface area (Å²) in [7, 11) is 0. The fourth-order valence-electron chi connectivity index (χ4n) is 4.28. The molecule has 2 aliphatic carbocycles. The van der Waals surface area contributed by atoms with Crippen LogP contribution in [0.3, 0.4) is 0 Å². The summed E-state index contributed by atoms with van der Waals surface area (Å²) in [6.07, 6.45) is 5.75. The van der Waals surface area contributed by atoms with Crippen molar-refractivity contribution in [1.82, 2.24) is 14.8 Å². The molecule has 1 N–H and O–H groups in total. The number of nitrogens with one attached hydrogen (secondary N) is 1. The largest absolute Gasteiger partial charge is 0.349 e. The maximum Gasteiger partial charge on any atom is 0.265 e. The first-order chi connectivity index (χ1) is 16.3. The molecular weight excluding hydrogens is 424 g/mol. The van der Waals surface area contributed by atoms with Gasteiger partial charge in [0.25, 0.3) is 11.8 Å². The van der Waals surface area contributed by atoms with Crippen LogP contribution in [0.1, 0.15) is 72.4 Å². The molecule has 0 atom stereocenters. The van der Waals surface area contributed by atoms with Crippen molar-refractivity contribution in [2.75, 3.05) is 0 Å². The van der Waals surface area contributed by atoms with E-state index >= 15 is 0 Å². The van der Waals surface area contributed by atoms with E-state index in [9.17, 15) is 14.9 Å². The second kappa shape index (κ2) is 9.89. The molecule has 0 spiro atoms. The Labute approximate surface area is 202 Å². The van der Waals surface area contributed by atoms with Crippen molar-refractivity contribution in [3.8, 4) is 6.07 Å². The summed E-state index contributed by atoms with van der Waals surface area (Å²) < 4.78 is 2.25. The molecule has 0 radical (unpaired) electrons. The van der Waals surface area contributed by atoms with Crippen LogP contribution < -0.4 is 5.32 Å². The van der Waals surface area contributed by atoms with Crippen LogP contribution in [0.15, 0.2) is 35.9 Å². The Hall–Kier alpha value is -3.33. The van der Waals surface area contributed by atoms with Gasteiger partial charge in [0.15, 0.2) is 0 Å². The Morgan fingerprint density at radius 2 is 1.85 bits per heavy atom. The van der Waals surface area contributed by atoms with E-state index in [1.54, 1.807) is 6.08 Å². The lowest BCUT2D eigenvalue weighted by Gasteiger charge is -2.22. The van der Waals surface area contributed by atoms with Crippen molar-refractivity contribution < 1.29 is 9.59 Å². The highest BCUT2D eigenvalue weighted by Crippen LogP contribution is 2.30. The lowest BCUT2D eigenvalue weighted by Crippen LogP contribution is -2.33. The average Bonchev–Trinajstić information content (AvgIpc) is 3.73. The number of aryl methyl sites for hydroxylation is 1. The third kappa shape index (κ3) is 5.59. The molecule has 2 fully saturated rings. The molecule has 2 aliphatic rings. The first-order valence-corrected chi connectivity index (χ1v) is 12.3. The molecule has 2 aromatic rings. The third-order valence-electron chi connectivity index (χ3n) is 6.54. The molecule has 0 saturated heterocycles. The molecule has 0 bridgehead atoms. The number of nitrogens with zero attached hydrogens (tertiary/aromatic N) is 3. The fourth-order valence-corrected chi connectivity index (χ4v) is 4.28. The number of rotatable bonds is 9. The van der Waals surface area contributed by atoms with Gasteiger partial charge in [-0.25, -0.2) is 0 Å². The number of carbonyl (C=O) groups excluding carboxylic acids is 2. The minimum Gasteiger partial charge on any atom is -0.349 e. The van der Waals surface area contributed by atoms with Gasteiger partial charge >= 0.3 is 0 Å². The Morgan fingerprint density at radius 3 is 2.41 bits per heavy atom. The molecule has 4 rings (SSSR count). The van der Waals surface area contributed by atoms with Crippen LogP contribution in [0, 0.1) is 31.1 Å². The van der Waals surface area contributed by atoms with Crippen molar-refractivity contribution in [3.63, 3.8) is 0 Å². The summed E-state index contributed by atoms with van der Waals surface area (Å²) in [6, 6.07) is 12.1. The first-order valence-electron chi connectivity index (χ1n) is 12.3. The zero-order valence-electron chi connectivity index (χ0n) is 20.6. The summed E-state index contributed by atoms with van der Waals surface area (Å²) in [6.45, 7) is 9.80. The first kappa shape index (κ1) is 23.8. The molecule has 1 aromatic heterocycles. The van der Waals surface area contributed by atoms with Gasteiger partial charge in [-0.3, -0.25) is 9.59 Å². The fraction of sp³-hybridized carbons (Fsp3) is 0.464. The van der Waals surface area contributed by atoms with Gasteiger partial charge in [-0.05, 0) is 80.9 Å². The standard InChI is InChI=1S/C28H34N4O2/c1-18(2)16-31-19(3)13-23(20(31)4)14-24(15-29)28(34)32(26-11-12-26)17-21-5-7-22(8-6-21)27(33)30-25-9-10-25/h5-8,13-14,18,25-26H,9-12,16-17H2,1-4H3,(H,30,33). The zero-order valence-corrected chi connectivity index (χ0v) is 20.6. The maximum absolute atomic E-state index is 13.4. The van der Waals surface area contributed by atoms with Gasteiger partial charge in [0, 0.05) is 42.1 Å². The van der Waals surface area contributed by atoms with Gasteiger partial charge in [-0.1, -0.05) is 26.0 Å². The number of amides is 2. The van der Waals surface area contributed by atoms with E-state index in [2.05, 4.69) is 42.8 Å². The maximum atomic E-state index is 13.4. The van der Waals surface area contributed by atoms with Gasteiger partial charge in [0.1, 0.15) is 11.6 Å². The second-order valence-electron chi connectivity index (χ2n) is 10.1. The van der Waals surface area contributed by atoms with Crippen molar-refractivity contribution in [3.05, 3.63) is 64.0 Å². The highest BCUT2D eigenvalue weighted by molar-refractivity contribution is 6.02. The number of carbonyl (C=O) groups is 2. The van der Waals surface area contributed by atoms with Crippen molar-refractivity contribution >= 4 is 17.9 Å². The number of hydrogen-bond donors (Lipinski definition) is 1. The number of nitriles is 1. The van der Waals surface area contributed by atoms with Gasteiger partial charge < -0.3 is 14.8 Å². The van der Waals surface area contributed by atoms with E-state index in [1.807, 2.05) is 36.1 Å². The molecule has 0 aliphatic heterocycles. The second-order valence-corrected chi connectivity index (χ2v) is 10.1. The smallest absolute Gasteiger partial charge is 0.265 e. The van der Waals surface area contributed by atoms with Gasteiger partial charge in [0.05, 0.1) is 0 Å². The van der Waals surface area contributed by atoms with Gasteiger partial charge in [-0.2, -0.15) is 5.26 Å². The molecule has 1 aromatic carbocycles. The zero-order chi connectivity index (χ0) is 24.4. The van der Waals surface area contributed by atoms with E-state index in [0.717, 1.165) is 54.7 Å². The van der Waals surface area contributed by atoms with Crippen LogP contribution in [-0.4, -0.2) is 33.4 Å². The third-order valence-corrected chi connectivity index (χ3v) is 6.54. The van der Waals surface area contributed by atoms with Crippen LogP contribution in [0.4, 0.5) is 0 Å². The lowest BCUT2D eigenvalue weighted by atomic mass is 10.1. The number of hydrogen-bond acceptors (Lipinski definition) is 3. The predicted octanol–water partition coefficient (Wildman–Crippen LogP) is 4.75. The molecule has 6 nitrogen and oxygen atoms in total. The SMILES string of the molecule is Cc1cc(C=C(C#N)C(=O)N(Cc2ccc(C(=O)NC3CC3)cc2)C2CC2)c(C)n1CC(C)C. The van der Waals surface area contributed by atoms with Crippen LogP contribution in [0.5, 0.6) is 0 Å².